The molecular formula is C11H24ClN3O2. The van der Waals surface area contributed by atoms with Crippen LogP contribution < -0.4 is 16.0 Å². The van der Waals surface area contributed by atoms with E-state index >= 15 is 0 Å². The van der Waals surface area contributed by atoms with E-state index in [1.807, 2.05) is 6.92 Å². The van der Waals surface area contributed by atoms with Crippen LogP contribution in [0.15, 0.2) is 0 Å². The SMILES string of the molecule is CCCNCCNC(=O)CNC(=O)CCC.Cl. The van der Waals surface area contributed by atoms with Gasteiger partial charge >= 0.3 is 0 Å². The summed E-state index contributed by atoms with van der Waals surface area (Å²) in [6.45, 7) is 6.43. The Kier molecular flexibility index (Phi) is 14.5. The Morgan fingerprint density at radius 2 is 1.59 bits per heavy atom. The molecule has 5 nitrogen and oxygen atoms in total. The van der Waals surface area contributed by atoms with Crippen molar-refractivity contribution in [2.75, 3.05) is 26.2 Å². The number of nitrogens with one attached hydrogen (secondary N) is 3. The summed E-state index contributed by atoms with van der Waals surface area (Å²) in [6.07, 6.45) is 2.36. The van der Waals surface area contributed by atoms with Crippen molar-refractivity contribution in [2.24, 2.45) is 0 Å². The molecule has 102 valence electrons. The number of amides is 2. The van der Waals surface area contributed by atoms with Crippen molar-refractivity contribution in [3.05, 3.63) is 0 Å². The maximum Gasteiger partial charge on any atom is 0.239 e. The summed E-state index contributed by atoms with van der Waals surface area (Å²) in [6, 6.07) is 0. The summed E-state index contributed by atoms with van der Waals surface area (Å²) in [4.78, 5) is 22.3. The molecule has 0 bridgehead atoms. The van der Waals surface area contributed by atoms with E-state index in [-0.39, 0.29) is 30.8 Å². The van der Waals surface area contributed by atoms with Gasteiger partial charge in [0.1, 0.15) is 0 Å². The first-order valence-electron chi connectivity index (χ1n) is 5.94. The third-order valence-corrected chi connectivity index (χ3v) is 1.97. The molecule has 2 amide bonds. The van der Waals surface area contributed by atoms with E-state index in [1.54, 1.807) is 0 Å². The molecule has 0 rings (SSSR count). The number of rotatable bonds is 9. The van der Waals surface area contributed by atoms with Crippen LogP contribution in [0, 0.1) is 0 Å². The number of carbonyl (C=O) groups is 2. The minimum atomic E-state index is -0.136. The molecule has 0 unspecified atom stereocenters. The first-order valence-corrected chi connectivity index (χ1v) is 5.94. The van der Waals surface area contributed by atoms with E-state index < -0.39 is 0 Å². The van der Waals surface area contributed by atoms with Crippen LogP contribution in [0.2, 0.25) is 0 Å². The molecular weight excluding hydrogens is 242 g/mol. The predicted molar refractivity (Wildman–Crippen MR) is 71.3 cm³/mol. The van der Waals surface area contributed by atoms with Gasteiger partial charge in [-0.3, -0.25) is 9.59 Å². The number of hydrogen-bond donors (Lipinski definition) is 3. The molecule has 0 fully saturated rings. The van der Waals surface area contributed by atoms with Crippen molar-refractivity contribution in [2.45, 2.75) is 33.1 Å². The fourth-order valence-corrected chi connectivity index (χ4v) is 1.15. The quantitative estimate of drug-likeness (QED) is 0.530. The third-order valence-electron chi connectivity index (χ3n) is 1.97. The van der Waals surface area contributed by atoms with Gasteiger partial charge in [0.05, 0.1) is 6.54 Å². The van der Waals surface area contributed by atoms with Crippen LogP contribution >= 0.6 is 12.4 Å². The van der Waals surface area contributed by atoms with Crippen molar-refractivity contribution in [1.82, 2.24) is 16.0 Å². The van der Waals surface area contributed by atoms with Crippen molar-refractivity contribution < 1.29 is 9.59 Å². The van der Waals surface area contributed by atoms with Crippen LogP contribution in [0.4, 0.5) is 0 Å². The van der Waals surface area contributed by atoms with Crippen LogP contribution in [-0.2, 0) is 9.59 Å². The molecule has 0 aromatic carbocycles. The van der Waals surface area contributed by atoms with Crippen molar-refractivity contribution in [3.63, 3.8) is 0 Å². The van der Waals surface area contributed by atoms with Gasteiger partial charge in [-0.1, -0.05) is 13.8 Å². The van der Waals surface area contributed by atoms with E-state index in [9.17, 15) is 9.59 Å². The minimum Gasteiger partial charge on any atom is -0.353 e. The summed E-state index contributed by atoms with van der Waals surface area (Å²) in [7, 11) is 0. The maximum atomic E-state index is 11.2. The number of halogens is 1. The fraction of sp³-hybridized carbons (Fsp3) is 0.818. The molecule has 0 spiro atoms. The molecule has 0 saturated heterocycles. The Morgan fingerprint density at radius 3 is 2.18 bits per heavy atom. The lowest BCUT2D eigenvalue weighted by Gasteiger charge is -2.07. The fourth-order valence-electron chi connectivity index (χ4n) is 1.15. The molecule has 17 heavy (non-hydrogen) atoms. The maximum absolute atomic E-state index is 11.2. The zero-order valence-corrected chi connectivity index (χ0v) is 11.5. The molecule has 0 atom stereocenters. The van der Waals surface area contributed by atoms with Crippen molar-refractivity contribution >= 4 is 24.2 Å². The van der Waals surface area contributed by atoms with Crippen LogP contribution in [-0.4, -0.2) is 38.0 Å². The number of hydrogen-bond acceptors (Lipinski definition) is 3. The summed E-state index contributed by atoms with van der Waals surface area (Å²) in [5, 5.41) is 8.46. The molecule has 0 aromatic heterocycles. The van der Waals surface area contributed by atoms with Gasteiger partial charge in [0, 0.05) is 19.5 Å². The summed E-state index contributed by atoms with van der Waals surface area (Å²) in [5.74, 6) is -0.204. The second-order valence-electron chi connectivity index (χ2n) is 3.63. The van der Waals surface area contributed by atoms with Gasteiger partial charge in [0.25, 0.3) is 0 Å². The van der Waals surface area contributed by atoms with Crippen LogP contribution in [0.5, 0.6) is 0 Å². The van der Waals surface area contributed by atoms with E-state index in [2.05, 4.69) is 22.9 Å². The first-order chi connectivity index (χ1) is 7.70. The van der Waals surface area contributed by atoms with Gasteiger partial charge < -0.3 is 16.0 Å². The molecule has 6 heteroatoms. The van der Waals surface area contributed by atoms with Gasteiger partial charge in [0.2, 0.25) is 11.8 Å². The highest BCUT2D eigenvalue weighted by Crippen LogP contribution is 1.84. The largest absolute Gasteiger partial charge is 0.353 e. The normalized spacial score (nSPS) is 9.29. The van der Waals surface area contributed by atoms with Gasteiger partial charge in [-0.2, -0.15) is 0 Å². The lowest BCUT2D eigenvalue weighted by Crippen LogP contribution is -2.39. The standard InChI is InChI=1S/C11H23N3O2.ClH/c1-3-5-10(15)14-9-11(16)13-8-7-12-6-4-2;/h12H,3-9H2,1-2H3,(H,13,16)(H,14,15);1H. The predicted octanol–water partition coefficient (Wildman–Crippen LogP) is 0.440. The molecule has 0 saturated carbocycles. The average Bonchev–Trinajstić information content (AvgIpc) is 2.26. The molecule has 0 heterocycles. The Morgan fingerprint density at radius 1 is 0.882 bits per heavy atom. The van der Waals surface area contributed by atoms with Crippen molar-refractivity contribution in [3.8, 4) is 0 Å². The lowest BCUT2D eigenvalue weighted by atomic mass is 10.3. The zero-order valence-electron chi connectivity index (χ0n) is 10.7. The van der Waals surface area contributed by atoms with Crippen LogP contribution in [0.1, 0.15) is 33.1 Å². The Hall–Kier alpha value is -0.810. The van der Waals surface area contributed by atoms with Crippen LogP contribution in [0.25, 0.3) is 0 Å². The summed E-state index contributed by atoms with van der Waals surface area (Å²) < 4.78 is 0. The zero-order chi connectivity index (χ0) is 12.2. The van der Waals surface area contributed by atoms with E-state index in [4.69, 9.17) is 0 Å². The van der Waals surface area contributed by atoms with E-state index in [0.717, 1.165) is 25.9 Å². The van der Waals surface area contributed by atoms with E-state index in [1.165, 1.54) is 0 Å². The molecule has 0 aliphatic heterocycles. The molecule has 0 aliphatic rings. The van der Waals surface area contributed by atoms with Gasteiger partial charge in [-0.15, -0.1) is 12.4 Å². The summed E-state index contributed by atoms with van der Waals surface area (Å²) >= 11 is 0. The monoisotopic (exact) mass is 265 g/mol. The second-order valence-corrected chi connectivity index (χ2v) is 3.63. The van der Waals surface area contributed by atoms with Gasteiger partial charge in [0.15, 0.2) is 0 Å². The highest BCUT2D eigenvalue weighted by molar-refractivity contribution is 5.85. The Balaban J connectivity index is 0. The second kappa shape index (κ2) is 13.3. The Bertz CT molecular complexity index is 213. The highest BCUT2D eigenvalue weighted by Gasteiger charge is 2.03. The summed E-state index contributed by atoms with van der Waals surface area (Å²) in [5.41, 5.74) is 0. The van der Waals surface area contributed by atoms with Crippen LogP contribution in [0.3, 0.4) is 0 Å². The highest BCUT2D eigenvalue weighted by atomic mass is 35.5. The molecule has 3 N–H and O–H groups in total. The first kappa shape index (κ1) is 18.6. The minimum absolute atomic E-state index is 0. The molecule has 0 aromatic rings. The van der Waals surface area contributed by atoms with Gasteiger partial charge in [-0.25, -0.2) is 0 Å². The smallest absolute Gasteiger partial charge is 0.239 e. The molecule has 0 aliphatic carbocycles. The lowest BCUT2D eigenvalue weighted by molar-refractivity contribution is -0.126. The van der Waals surface area contributed by atoms with Gasteiger partial charge in [-0.05, 0) is 19.4 Å². The van der Waals surface area contributed by atoms with E-state index in [0.29, 0.717) is 13.0 Å². The Labute approximate surface area is 110 Å². The average molecular weight is 266 g/mol. The van der Waals surface area contributed by atoms with Crippen molar-refractivity contribution in [1.29, 1.82) is 0 Å². The molecule has 0 radical (unpaired) electrons. The third kappa shape index (κ3) is 13.1. The number of carbonyl (C=O) groups excluding carboxylic acids is 2. The topological polar surface area (TPSA) is 70.2 Å².